The van der Waals surface area contributed by atoms with E-state index in [2.05, 4.69) is 0 Å². The molecule has 0 fully saturated rings. The third kappa shape index (κ3) is 3.04. The van der Waals surface area contributed by atoms with Crippen LogP contribution in [-0.2, 0) is 0 Å². The third-order valence-electron chi connectivity index (χ3n) is 2.87. The Kier molecular flexibility index (Phi) is 3.41. The number of ether oxygens (including phenoxy) is 2. The van der Waals surface area contributed by atoms with Crippen LogP contribution in [0.5, 0.6) is 11.5 Å². The number of hydrogen-bond donors (Lipinski definition) is 4. The number of benzene rings is 1. The minimum absolute atomic E-state index is 0.141. The molecule has 1 heterocycles. The van der Waals surface area contributed by atoms with Gasteiger partial charge in [-0.05, 0) is 29.2 Å². The number of fused-ring (bicyclic) bond motifs is 1. The van der Waals surface area contributed by atoms with Crippen LogP contribution in [0.25, 0.3) is 6.08 Å². The second-order valence-electron chi connectivity index (χ2n) is 5.80. The highest BCUT2D eigenvalue weighted by Gasteiger charge is 2.38. The van der Waals surface area contributed by atoms with Crippen LogP contribution < -0.4 is 9.47 Å². The predicted molar refractivity (Wildman–Crippen MR) is 70.9 cm³/mol. The van der Waals surface area contributed by atoms with E-state index in [0.29, 0.717) is 5.56 Å². The first-order valence-electron chi connectivity index (χ1n) is 6.14. The van der Waals surface area contributed by atoms with Gasteiger partial charge in [-0.15, -0.1) is 0 Å². The number of aliphatic hydroxyl groups excluding tert-OH is 2. The van der Waals surface area contributed by atoms with E-state index in [1.54, 1.807) is 26.8 Å². The van der Waals surface area contributed by atoms with Gasteiger partial charge in [0, 0.05) is 0 Å². The molecule has 0 aromatic heterocycles. The van der Waals surface area contributed by atoms with Crippen molar-refractivity contribution in [1.29, 1.82) is 0 Å². The zero-order valence-corrected chi connectivity index (χ0v) is 11.5. The molecule has 1 atom stereocenters. The summed E-state index contributed by atoms with van der Waals surface area (Å²) in [7, 11) is 0. The lowest BCUT2D eigenvalue weighted by Gasteiger charge is -2.25. The summed E-state index contributed by atoms with van der Waals surface area (Å²) in [4.78, 5) is 0. The molecule has 0 saturated heterocycles. The maximum absolute atomic E-state index is 9.94. The summed E-state index contributed by atoms with van der Waals surface area (Å²) in [5.74, 6) is 0.139. The third-order valence-corrected chi connectivity index (χ3v) is 2.87. The van der Waals surface area contributed by atoms with Crippen molar-refractivity contribution in [2.24, 2.45) is 5.41 Å². The molecule has 0 radical (unpaired) electrons. The second-order valence-corrected chi connectivity index (χ2v) is 5.80. The van der Waals surface area contributed by atoms with Crippen LogP contribution in [0.2, 0.25) is 0 Å². The minimum Gasteiger partial charge on any atom is -0.510 e. The molecule has 0 spiro atoms. The van der Waals surface area contributed by atoms with Crippen LogP contribution in [0.1, 0.15) is 26.3 Å². The van der Waals surface area contributed by atoms with E-state index in [-0.39, 0.29) is 17.3 Å². The molecule has 110 valence electrons. The average Bonchev–Trinajstić information content (AvgIpc) is 2.59. The molecule has 0 amide bonds. The Balaban J connectivity index is 2.25. The second kappa shape index (κ2) is 4.66. The zero-order valence-electron chi connectivity index (χ0n) is 11.5. The maximum atomic E-state index is 9.94. The molecule has 0 aliphatic carbocycles. The van der Waals surface area contributed by atoms with Gasteiger partial charge in [-0.3, -0.25) is 10.2 Å². The van der Waals surface area contributed by atoms with Crippen molar-refractivity contribution < 1.29 is 29.9 Å². The molecule has 2 rings (SSSR count). The fourth-order valence-electron chi connectivity index (χ4n) is 1.78. The van der Waals surface area contributed by atoms with E-state index in [4.69, 9.17) is 9.47 Å². The lowest BCUT2D eigenvalue weighted by molar-refractivity contribution is -0.385. The SMILES string of the molecule is CC(C)(C)C(O)/C(O)=C/c1ccc2c(c1)OC(O)(O)O2. The largest absolute Gasteiger partial charge is 0.510 e. The van der Waals surface area contributed by atoms with E-state index >= 15 is 0 Å². The lowest BCUT2D eigenvalue weighted by atomic mass is 9.87. The first-order valence-corrected chi connectivity index (χ1v) is 6.14. The van der Waals surface area contributed by atoms with E-state index in [1.807, 2.05) is 0 Å². The molecule has 4 N–H and O–H groups in total. The molecular weight excluding hydrogens is 264 g/mol. The maximum Gasteiger partial charge on any atom is 0.505 e. The van der Waals surface area contributed by atoms with E-state index in [9.17, 15) is 20.4 Å². The molecule has 1 aliphatic heterocycles. The van der Waals surface area contributed by atoms with Gasteiger partial charge in [0.25, 0.3) is 0 Å². The van der Waals surface area contributed by atoms with E-state index in [0.717, 1.165) is 0 Å². The molecule has 1 unspecified atom stereocenters. The predicted octanol–water partition coefficient (Wildman–Crippen LogP) is 1.36. The number of aliphatic hydroxyl groups is 4. The molecule has 1 aromatic carbocycles. The smallest absolute Gasteiger partial charge is 0.505 e. The monoisotopic (exact) mass is 282 g/mol. The minimum atomic E-state index is -2.67. The van der Waals surface area contributed by atoms with Crippen LogP contribution in [0, 0.1) is 5.41 Å². The molecular formula is C14H18O6. The fraction of sp³-hybridized carbons (Fsp3) is 0.429. The van der Waals surface area contributed by atoms with Crippen molar-refractivity contribution in [1.82, 2.24) is 0 Å². The summed E-state index contributed by atoms with van der Waals surface area (Å²) in [6, 6.07) is 4.54. The van der Waals surface area contributed by atoms with Crippen molar-refractivity contribution in [3.63, 3.8) is 0 Å². The van der Waals surface area contributed by atoms with Gasteiger partial charge < -0.3 is 19.7 Å². The Bertz CT molecular complexity index is 541. The Morgan fingerprint density at radius 3 is 2.40 bits per heavy atom. The van der Waals surface area contributed by atoms with Crippen molar-refractivity contribution in [3.8, 4) is 11.5 Å². The average molecular weight is 282 g/mol. The van der Waals surface area contributed by atoms with Gasteiger partial charge in [0.1, 0.15) is 11.9 Å². The van der Waals surface area contributed by atoms with E-state index in [1.165, 1.54) is 18.2 Å². The lowest BCUT2D eigenvalue weighted by Crippen LogP contribution is -2.37. The van der Waals surface area contributed by atoms with Crippen molar-refractivity contribution in [2.75, 3.05) is 0 Å². The van der Waals surface area contributed by atoms with Gasteiger partial charge in [-0.2, -0.15) is 0 Å². The molecule has 6 heteroatoms. The van der Waals surface area contributed by atoms with Crippen LogP contribution in [0.4, 0.5) is 0 Å². The molecule has 0 saturated carbocycles. The summed E-state index contributed by atoms with van der Waals surface area (Å²) in [6.07, 6.45) is -2.30. The van der Waals surface area contributed by atoms with Crippen LogP contribution in [-0.4, -0.2) is 32.7 Å². The summed E-state index contributed by atoms with van der Waals surface area (Å²) >= 11 is 0. The van der Waals surface area contributed by atoms with Gasteiger partial charge in [0.2, 0.25) is 0 Å². The van der Waals surface area contributed by atoms with Crippen molar-refractivity contribution in [2.45, 2.75) is 33.0 Å². The summed E-state index contributed by atoms with van der Waals surface area (Å²) in [5, 5.41) is 38.2. The van der Waals surface area contributed by atoms with Gasteiger partial charge in [-0.1, -0.05) is 26.8 Å². The summed E-state index contributed by atoms with van der Waals surface area (Å²) < 4.78 is 9.47. The highest BCUT2D eigenvalue weighted by Crippen LogP contribution is 2.38. The summed E-state index contributed by atoms with van der Waals surface area (Å²) in [6.45, 7) is 5.40. The van der Waals surface area contributed by atoms with Crippen molar-refractivity contribution >= 4 is 6.08 Å². The quantitative estimate of drug-likeness (QED) is 0.483. The molecule has 1 aliphatic rings. The van der Waals surface area contributed by atoms with Gasteiger partial charge in [0.15, 0.2) is 11.5 Å². The Labute approximate surface area is 116 Å². The normalized spacial score (nSPS) is 19.0. The Hall–Kier alpha value is -1.76. The molecule has 1 aromatic rings. The highest BCUT2D eigenvalue weighted by atomic mass is 17.0. The first kappa shape index (κ1) is 14.6. The molecule has 20 heavy (non-hydrogen) atoms. The van der Waals surface area contributed by atoms with Gasteiger partial charge in [-0.25, -0.2) is 0 Å². The standard InChI is InChI=1S/C14H18O6/c1-13(2,3)12(16)9(15)6-8-4-5-10-11(7-8)20-14(17,18)19-10/h4-7,12,15-18H,1-3H3/b9-6-. The fourth-order valence-corrected chi connectivity index (χ4v) is 1.78. The van der Waals surface area contributed by atoms with Gasteiger partial charge in [0.05, 0.1) is 0 Å². The topological polar surface area (TPSA) is 99.4 Å². The number of hydrogen-bond acceptors (Lipinski definition) is 6. The molecule has 0 bridgehead atoms. The Morgan fingerprint density at radius 2 is 1.80 bits per heavy atom. The highest BCUT2D eigenvalue weighted by molar-refractivity contribution is 5.58. The Morgan fingerprint density at radius 1 is 1.20 bits per heavy atom. The zero-order chi connectivity index (χ0) is 15.1. The van der Waals surface area contributed by atoms with Crippen LogP contribution >= 0.6 is 0 Å². The van der Waals surface area contributed by atoms with Crippen LogP contribution in [0.3, 0.4) is 0 Å². The van der Waals surface area contributed by atoms with E-state index < -0.39 is 17.7 Å². The first-order chi connectivity index (χ1) is 9.08. The van der Waals surface area contributed by atoms with Crippen molar-refractivity contribution in [3.05, 3.63) is 29.5 Å². The molecule has 6 nitrogen and oxygen atoms in total. The van der Waals surface area contributed by atoms with Gasteiger partial charge >= 0.3 is 6.16 Å². The van der Waals surface area contributed by atoms with Crippen LogP contribution in [0.15, 0.2) is 24.0 Å². The summed E-state index contributed by atoms with van der Waals surface area (Å²) in [5.41, 5.74) is 0.0354. The number of rotatable bonds is 2.